The van der Waals surface area contributed by atoms with Gasteiger partial charge in [0.2, 0.25) is 11.2 Å². The molecule has 0 bridgehead atoms. The lowest BCUT2D eigenvalue weighted by Gasteiger charge is -2.15. The van der Waals surface area contributed by atoms with E-state index in [0.717, 1.165) is 5.57 Å². The van der Waals surface area contributed by atoms with Gasteiger partial charge in [-0.1, -0.05) is 5.57 Å². The van der Waals surface area contributed by atoms with Gasteiger partial charge in [-0.05, 0) is 44.2 Å². The predicted octanol–water partition coefficient (Wildman–Crippen LogP) is 4.75. The van der Waals surface area contributed by atoms with Crippen LogP contribution in [0.25, 0.3) is 22.3 Å². The van der Waals surface area contributed by atoms with Gasteiger partial charge in [0.25, 0.3) is 0 Å². The zero-order valence-electron chi connectivity index (χ0n) is 20.5. The number of allylic oxidation sites excluding steroid dienone is 1. The second kappa shape index (κ2) is 12.8. The minimum Gasteiger partial charge on any atom is -0.488 e. The molecule has 0 saturated heterocycles. The van der Waals surface area contributed by atoms with Crippen molar-refractivity contribution in [3.8, 4) is 34.3 Å². The van der Waals surface area contributed by atoms with Crippen LogP contribution < -0.4 is 24.4 Å². The largest absolute Gasteiger partial charge is 0.488 e. The molecule has 9 nitrogen and oxygen atoms in total. The summed E-state index contributed by atoms with van der Waals surface area (Å²) in [6, 6.07) is 10.2. The fraction of sp³-hybridized carbons (Fsp3) is 0.346. The van der Waals surface area contributed by atoms with Crippen molar-refractivity contribution in [1.82, 2.24) is 0 Å². The highest BCUT2D eigenvalue weighted by atomic mass is 16.7. The van der Waals surface area contributed by atoms with Crippen molar-refractivity contribution in [3.63, 3.8) is 0 Å². The summed E-state index contributed by atoms with van der Waals surface area (Å²) < 4.78 is 43.8. The quantitative estimate of drug-likeness (QED) is 0.250. The molecule has 0 amide bonds. The van der Waals surface area contributed by atoms with Crippen molar-refractivity contribution in [2.75, 3.05) is 48.3 Å². The van der Waals surface area contributed by atoms with E-state index in [9.17, 15) is 4.79 Å². The van der Waals surface area contributed by atoms with Crippen molar-refractivity contribution in [1.29, 1.82) is 0 Å². The van der Waals surface area contributed by atoms with Crippen LogP contribution in [0.3, 0.4) is 0 Å². The van der Waals surface area contributed by atoms with E-state index in [0.29, 0.717) is 22.8 Å². The first kappa shape index (κ1) is 26.1. The molecular formula is C26H30O9. The van der Waals surface area contributed by atoms with Crippen LogP contribution in [0, 0.1) is 0 Å². The highest BCUT2D eigenvalue weighted by Crippen LogP contribution is 2.37. The van der Waals surface area contributed by atoms with Crippen LogP contribution in [-0.4, -0.2) is 48.3 Å². The van der Waals surface area contributed by atoms with Crippen LogP contribution in [0.4, 0.5) is 0 Å². The van der Waals surface area contributed by atoms with Gasteiger partial charge < -0.3 is 37.6 Å². The molecule has 0 saturated carbocycles. The maximum Gasteiger partial charge on any atom is 0.239 e. The molecule has 0 atom stereocenters. The Morgan fingerprint density at radius 3 is 2.09 bits per heavy atom. The first-order chi connectivity index (χ1) is 17.0. The predicted molar refractivity (Wildman–Crippen MR) is 130 cm³/mol. The molecule has 3 aromatic rings. The third kappa shape index (κ3) is 6.75. The molecule has 0 aliphatic rings. The van der Waals surface area contributed by atoms with E-state index in [1.807, 2.05) is 19.9 Å². The SMILES string of the molecule is COCOc1ccc(-c2oc3cc(OCOC)cc(OCC=C(C)C)c3c(=O)c2OCOC)cc1. The summed E-state index contributed by atoms with van der Waals surface area (Å²) >= 11 is 0. The monoisotopic (exact) mass is 486 g/mol. The number of fused-ring (bicyclic) bond motifs is 1. The van der Waals surface area contributed by atoms with Gasteiger partial charge in [-0.15, -0.1) is 0 Å². The number of rotatable bonds is 13. The Morgan fingerprint density at radius 2 is 1.46 bits per heavy atom. The third-order valence-corrected chi connectivity index (χ3v) is 4.75. The van der Waals surface area contributed by atoms with E-state index in [-0.39, 0.29) is 49.5 Å². The minimum atomic E-state index is -0.400. The summed E-state index contributed by atoms with van der Waals surface area (Å²) in [5.41, 5.74) is 1.56. The van der Waals surface area contributed by atoms with Gasteiger partial charge in [0.05, 0.1) is 0 Å². The molecule has 188 valence electrons. The van der Waals surface area contributed by atoms with Gasteiger partial charge in [-0.2, -0.15) is 0 Å². The third-order valence-electron chi connectivity index (χ3n) is 4.75. The van der Waals surface area contributed by atoms with E-state index in [1.54, 1.807) is 43.5 Å². The summed E-state index contributed by atoms with van der Waals surface area (Å²) in [6.07, 6.45) is 1.90. The van der Waals surface area contributed by atoms with Crippen molar-refractivity contribution in [3.05, 3.63) is 58.3 Å². The van der Waals surface area contributed by atoms with Gasteiger partial charge in [-0.3, -0.25) is 4.79 Å². The Bertz CT molecular complexity index is 1190. The second-order valence-electron chi connectivity index (χ2n) is 7.65. The second-order valence-corrected chi connectivity index (χ2v) is 7.65. The Morgan fingerprint density at radius 1 is 0.829 bits per heavy atom. The highest BCUT2D eigenvalue weighted by molar-refractivity contribution is 5.88. The average molecular weight is 487 g/mol. The summed E-state index contributed by atoms with van der Waals surface area (Å²) in [5.74, 6) is 1.56. The summed E-state index contributed by atoms with van der Waals surface area (Å²) in [7, 11) is 4.53. The van der Waals surface area contributed by atoms with Gasteiger partial charge in [-0.25, -0.2) is 0 Å². The molecule has 9 heteroatoms. The first-order valence-corrected chi connectivity index (χ1v) is 10.8. The average Bonchev–Trinajstić information content (AvgIpc) is 2.85. The number of hydrogen-bond acceptors (Lipinski definition) is 9. The van der Waals surface area contributed by atoms with Crippen molar-refractivity contribution in [2.24, 2.45) is 0 Å². The Hall–Kier alpha value is -3.53. The van der Waals surface area contributed by atoms with E-state index in [4.69, 9.17) is 37.6 Å². The Kier molecular flexibility index (Phi) is 9.54. The van der Waals surface area contributed by atoms with Crippen LogP contribution in [0.5, 0.6) is 23.0 Å². The maximum atomic E-state index is 13.6. The Labute approximate surface area is 203 Å². The lowest BCUT2D eigenvalue weighted by Crippen LogP contribution is -2.13. The normalized spacial score (nSPS) is 10.8. The van der Waals surface area contributed by atoms with Crippen LogP contribution in [0.15, 0.2) is 57.3 Å². The van der Waals surface area contributed by atoms with Crippen LogP contribution in [0.2, 0.25) is 0 Å². The summed E-state index contributed by atoms with van der Waals surface area (Å²) in [5, 5.41) is 0.229. The fourth-order valence-electron chi connectivity index (χ4n) is 3.13. The molecule has 0 fully saturated rings. The lowest BCUT2D eigenvalue weighted by atomic mass is 10.1. The van der Waals surface area contributed by atoms with Gasteiger partial charge in [0, 0.05) is 39.0 Å². The van der Waals surface area contributed by atoms with Gasteiger partial charge in [0.15, 0.2) is 26.1 Å². The molecule has 2 aromatic carbocycles. The number of methoxy groups -OCH3 is 3. The molecule has 0 aliphatic heterocycles. The lowest BCUT2D eigenvalue weighted by molar-refractivity contribution is 0.0494. The highest BCUT2D eigenvalue weighted by Gasteiger charge is 2.22. The van der Waals surface area contributed by atoms with Crippen LogP contribution in [0.1, 0.15) is 13.8 Å². The van der Waals surface area contributed by atoms with Crippen molar-refractivity contribution in [2.45, 2.75) is 13.8 Å². The van der Waals surface area contributed by atoms with Crippen LogP contribution in [-0.2, 0) is 14.2 Å². The smallest absolute Gasteiger partial charge is 0.239 e. The molecule has 0 unspecified atom stereocenters. The summed E-state index contributed by atoms with van der Waals surface area (Å²) in [4.78, 5) is 13.6. The van der Waals surface area contributed by atoms with Crippen molar-refractivity contribution < 1.29 is 37.6 Å². The molecule has 1 aromatic heterocycles. The summed E-state index contributed by atoms with van der Waals surface area (Å²) in [6.45, 7) is 4.19. The molecule has 35 heavy (non-hydrogen) atoms. The molecule has 1 heterocycles. The zero-order valence-corrected chi connectivity index (χ0v) is 20.5. The number of ether oxygens (including phenoxy) is 7. The van der Waals surface area contributed by atoms with E-state index in [2.05, 4.69) is 0 Å². The molecule has 3 rings (SSSR count). The van der Waals surface area contributed by atoms with E-state index >= 15 is 0 Å². The maximum absolute atomic E-state index is 13.6. The fourth-order valence-corrected chi connectivity index (χ4v) is 3.13. The van der Waals surface area contributed by atoms with Crippen molar-refractivity contribution >= 4 is 11.0 Å². The molecule has 0 spiro atoms. The van der Waals surface area contributed by atoms with Crippen LogP contribution >= 0.6 is 0 Å². The molecule has 0 radical (unpaired) electrons. The van der Waals surface area contributed by atoms with E-state index in [1.165, 1.54) is 14.2 Å². The number of hydrogen-bond donors (Lipinski definition) is 0. The minimum absolute atomic E-state index is 0.00235. The molecular weight excluding hydrogens is 456 g/mol. The van der Waals surface area contributed by atoms with E-state index < -0.39 is 5.43 Å². The van der Waals surface area contributed by atoms with Gasteiger partial charge >= 0.3 is 0 Å². The first-order valence-electron chi connectivity index (χ1n) is 10.8. The van der Waals surface area contributed by atoms with Gasteiger partial charge in [0.1, 0.15) is 34.8 Å². The number of benzene rings is 2. The molecule has 0 N–H and O–H groups in total. The Balaban J connectivity index is 2.17. The standard InChI is InChI=1S/C26H30O9/c1-17(2)10-11-31-21-12-20(33-15-29-4)13-22-23(21)24(27)26(34-16-30-5)25(35-22)18-6-8-19(9-7-18)32-14-28-3/h6-10,12-13H,11,14-16H2,1-5H3. The topological polar surface area (TPSA) is 94.8 Å². The zero-order chi connectivity index (χ0) is 25.2. The molecule has 0 aliphatic carbocycles.